The minimum absolute atomic E-state index is 0.351. The van der Waals surface area contributed by atoms with E-state index in [1.54, 1.807) is 19.2 Å². The van der Waals surface area contributed by atoms with Gasteiger partial charge in [0.15, 0.2) is 18.3 Å². The summed E-state index contributed by atoms with van der Waals surface area (Å²) in [4.78, 5) is 34.8. The van der Waals surface area contributed by atoms with E-state index in [9.17, 15) is 14.4 Å². The Morgan fingerprint density at radius 1 is 0.893 bits per heavy atom. The maximum Gasteiger partial charge on any atom is 0.303 e. The molecule has 0 N–H and O–H groups in total. The Bertz CT molecular complexity index is 704. The summed E-state index contributed by atoms with van der Waals surface area (Å²) in [5, 5.41) is 0. The Kier molecular flexibility index (Phi) is 7.70. The third-order valence-electron chi connectivity index (χ3n) is 4.11. The molecule has 0 radical (unpaired) electrons. The quantitative estimate of drug-likeness (QED) is 0.428. The molecule has 0 spiro atoms. The van der Waals surface area contributed by atoms with Gasteiger partial charge in [-0.3, -0.25) is 14.4 Å². The van der Waals surface area contributed by atoms with Crippen LogP contribution in [0.1, 0.15) is 26.3 Å². The van der Waals surface area contributed by atoms with E-state index in [-0.39, 0.29) is 0 Å². The van der Waals surface area contributed by atoms with Gasteiger partial charge in [-0.05, 0) is 17.7 Å². The number of carbonyl (C=O) groups excluding carboxylic acids is 3. The van der Waals surface area contributed by atoms with Gasteiger partial charge in [0.25, 0.3) is 0 Å². The van der Waals surface area contributed by atoms with E-state index in [0.717, 1.165) is 5.56 Å². The van der Waals surface area contributed by atoms with Gasteiger partial charge in [0, 0.05) is 27.2 Å². The van der Waals surface area contributed by atoms with Gasteiger partial charge in [0.05, 0.1) is 7.11 Å². The number of rotatable bonds is 6. The van der Waals surface area contributed by atoms with Gasteiger partial charge in [0.2, 0.25) is 0 Å². The molecule has 9 heteroatoms. The van der Waals surface area contributed by atoms with E-state index >= 15 is 0 Å². The molecular weight excluding hydrogens is 388 g/mol. The van der Waals surface area contributed by atoms with Crippen LogP contribution in [0, 0.1) is 0 Å². The lowest BCUT2D eigenvalue weighted by atomic mass is 9.94. The number of ether oxygens (including phenoxy) is 5. The Hall–Kier alpha value is -2.26. The molecule has 0 unspecified atom stereocenters. The molecule has 0 aliphatic carbocycles. The molecular formula is C19H24O8S. The Morgan fingerprint density at radius 2 is 1.39 bits per heavy atom. The van der Waals surface area contributed by atoms with Crippen molar-refractivity contribution in [1.29, 1.82) is 0 Å². The fraction of sp³-hybridized carbons (Fsp3) is 0.526. The topological polar surface area (TPSA) is 97.4 Å². The summed E-state index contributed by atoms with van der Waals surface area (Å²) < 4.78 is 27.0. The van der Waals surface area contributed by atoms with E-state index in [1.807, 2.05) is 12.1 Å². The number of methoxy groups -OCH3 is 1. The molecule has 154 valence electrons. The predicted octanol–water partition coefficient (Wildman–Crippen LogP) is 1.69. The van der Waals surface area contributed by atoms with Crippen molar-refractivity contribution in [3.8, 4) is 5.75 Å². The predicted molar refractivity (Wildman–Crippen MR) is 101 cm³/mol. The summed E-state index contributed by atoms with van der Waals surface area (Å²) in [6.45, 7) is 3.68. The van der Waals surface area contributed by atoms with Crippen molar-refractivity contribution in [3.05, 3.63) is 29.8 Å². The lowest BCUT2D eigenvalue weighted by molar-refractivity contribution is -0.231. The van der Waals surface area contributed by atoms with E-state index in [2.05, 4.69) is 12.6 Å². The van der Waals surface area contributed by atoms with E-state index in [4.69, 9.17) is 23.7 Å². The molecule has 28 heavy (non-hydrogen) atoms. The highest BCUT2D eigenvalue weighted by Gasteiger charge is 2.50. The zero-order valence-electron chi connectivity index (χ0n) is 16.1. The first kappa shape index (κ1) is 22.0. The third-order valence-corrected chi connectivity index (χ3v) is 4.53. The van der Waals surface area contributed by atoms with Crippen molar-refractivity contribution < 1.29 is 38.1 Å². The summed E-state index contributed by atoms with van der Waals surface area (Å²) in [5.74, 6) is -1.08. The number of thiol groups is 1. The molecule has 1 saturated heterocycles. The van der Waals surface area contributed by atoms with Crippen LogP contribution in [0.15, 0.2) is 24.3 Å². The van der Waals surface area contributed by atoms with Crippen LogP contribution < -0.4 is 4.74 Å². The molecule has 8 nitrogen and oxygen atoms in total. The standard InChI is InChI=1S/C19H24O8S/c1-10(20)24-16-15(9-13-5-7-14(23-4)8-6-13)27-19(28)18(26-12(3)22)17(16)25-11(2)21/h5-8,15-19,28H,9H2,1-4H3/t15-,16+,17+,18-,19+/m1/s1. The van der Waals surface area contributed by atoms with Crippen molar-refractivity contribution in [2.75, 3.05) is 7.11 Å². The van der Waals surface area contributed by atoms with Crippen molar-refractivity contribution in [2.24, 2.45) is 0 Å². The van der Waals surface area contributed by atoms with E-state index in [1.165, 1.54) is 20.8 Å². The minimum Gasteiger partial charge on any atom is -0.497 e. The second-order valence-electron chi connectivity index (χ2n) is 6.34. The number of esters is 3. The second-order valence-corrected chi connectivity index (χ2v) is 6.85. The first-order chi connectivity index (χ1) is 13.2. The molecule has 0 saturated carbocycles. The van der Waals surface area contributed by atoms with Crippen LogP contribution in [0.3, 0.4) is 0 Å². The van der Waals surface area contributed by atoms with Crippen LogP contribution in [0.4, 0.5) is 0 Å². The van der Waals surface area contributed by atoms with Gasteiger partial charge in [-0.1, -0.05) is 12.1 Å². The van der Waals surface area contributed by atoms with Crippen LogP contribution >= 0.6 is 12.6 Å². The summed E-state index contributed by atoms with van der Waals surface area (Å²) in [5.41, 5.74) is 0.0132. The number of hydrogen-bond acceptors (Lipinski definition) is 9. The zero-order chi connectivity index (χ0) is 20.8. The largest absolute Gasteiger partial charge is 0.497 e. The van der Waals surface area contributed by atoms with Gasteiger partial charge < -0.3 is 23.7 Å². The Morgan fingerprint density at radius 3 is 1.89 bits per heavy atom. The molecule has 1 fully saturated rings. The summed E-state index contributed by atoms with van der Waals surface area (Å²) in [6, 6.07) is 7.28. The molecule has 1 aromatic carbocycles. The molecule has 0 amide bonds. The van der Waals surface area contributed by atoms with Gasteiger partial charge in [-0.15, -0.1) is 12.6 Å². The number of benzene rings is 1. The van der Waals surface area contributed by atoms with Gasteiger partial charge in [-0.2, -0.15) is 0 Å². The van der Waals surface area contributed by atoms with Gasteiger partial charge in [0.1, 0.15) is 17.3 Å². The van der Waals surface area contributed by atoms with Crippen molar-refractivity contribution >= 4 is 30.5 Å². The van der Waals surface area contributed by atoms with Crippen LogP contribution in [-0.4, -0.2) is 54.9 Å². The monoisotopic (exact) mass is 412 g/mol. The summed E-state index contributed by atoms with van der Waals surface area (Å²) in [6.07, 6.45) is -3.37. The lowest BCUT2D eigenvalue weighted by Gasteiger charge is -2.43. The molecule has 1 aromatic rings. The fourth-order valence-corrected chi connectivity index (χ4v) is 3.42. The lowest BCUT2D eigenvalue weighted by Crippen LogP contribution is -2.60. The average molecular weight is 412 g/mol. The van der Waals surface area contributed by atoms with Gasteiger partial charge >= 0.3 is 17.9 Å². The van der Waals surface area contributed by atoms with Crippen LogP contribution in [0.5, 0.6) is 5.75 Å². The fourth-order valence-electron chi connectivity index (χ4n) is 3.03. The third kappa shape index (κ3) is 5.87. The van der Waals surface area contributed by atoms with Crippen LogP contribution in [-0.2, 0) is 39.8 Å². The molecule has 1 aliphatic heterocycles. The first-order valence-electron chi connectivity index (χ1n) is 8.69. The van der Waals surface area contributed by atoms with Crippen molar-refractivity contribution in [3.63, 3.8) is 0 Å². The smallest absolute Gasteiger partial charge is 0.303 e. The highest BCUT2D eigenvalue weighted by molar-refractivity contribution is 7.80. The normalized spacial score (nSPS) is 26.8. The van der Waals surface area contributed by atoms with Crippen molar-refractivity contribution in [2.45, 2.75) is 57.0 Å². The zero-order valence-corrected chi connectivity index (χ0v) is 17.0. The maximum atomic E-state index is 11.7. The second kappa shape index (κ2) is 9.79. The van der Waals surface area contributed by atoms with Crippen molar-refractivity contribution in [1.82, 2.24) is 0 Å². The summed E-state index contributed by atoms with van der Waals surface area (Å²) >= 11 is 4.35. The Labute approximate surface area is 168 Å². The molecule has 1 aliphatic rings. The van der Waals surface area contributed by atoms with Gasteiger partial charge in [-0.25, -0.2) is 0 Å². The minimum atomic E-state index is -1.05. The SMILES string of the molecule is COc1ccc(C[C@H]2O[C@@H](S)[C@H](OC(C)=O)[C@@H](OC(C)=O)[C@H]2OC(C)=O)cc1. The van der Waals surface area contributed by atoms with E-state index in [0.29, 0.717) is 12.2 Å². The van der Waals surface area contributed by atoms with Crippen LogP contribution in [0.2, 0.25) is 0 Å². The molecule has 2 rings (SSSR count). The molecule has 1 heterocycles. The highest BCUT2D eigenvalue weighted by atomic mass is 32.1. The molecule has 0 aromatic heterocycles. The maximum absolute atomic E-state index is 11.7. The number of hydrogen-bond donors (Lipinski definition) is 1. The van der Waals surface area contributed by atoms with Crippen LogP contribution in [0.25, 0.3) is 0 Å². The molecule has 0 bridgehead atoms. The number of carbonyl (C=O) groups is 3. The highest BCUT2D eigenvalue weighted by Crippen LogP contribution is 2.32. The average Bonchev–Trinajstić information content (AvgIpc) is 2.61. The summed E-state index contributed by atoms with van der Waals surface area (Å²) in [7, 11) is 1.57. The molecule has 5 atom stereocenters. The van der Waals surface area contributed by atoms with E-state index < -0.39 is 47.8 Å². The first-order valence-corrected chi connectivity index (χ1v) is 9.21. The Balaban J connectivity index is 2.32.